The molecule has 0 bridgehead atoms. The summed E-state index contributed by atoms with van der Waals surface area (Å²) >= 11 is 7.35. The number of thioether (sulfide) groups is 1. The molecule has 16 heavy (non-hydrogen) atoms. The highest BCUT2D eigenvalue weighted by Crippen LogP contribution is 2.17. The Labute approximate surface area is 105 Å². The van der Waals surface area contributed by atoms with E-state index in [1.54, 1.807) is 6.07 Å². The zero-order valence-electron chi connectivity index (χ0n) is 9.66. The van der Waals surface area contributed by atoms with Crippen LogP contribution in [0.1, 0.15) is 13.8 Å². The van der Waals surface area contributed by atoms with Gasteiger partial charge in [0, 0.05) is 18.7 Å². The van der Waals surface area contributed by atoms with Crippen LogP contribution in [0.2, 0.25) is 5.15 Å². The number of nitrogens with one attached hydrogen (secondary N) is 1. The zero-order chi connectivity index (χ0) is 12.0. The van der Waals surface area contributed by atoms with E-state index in [4.69, 9.17) is 16.3 Å². The van der Waals surface area contributed by atoms with Crippen molar-refractivity contribution in [1.82, 2.24) is 9.97 Å². The molecule has 1 N–H and O–H groups in total. The second-order valence-corrected chi connectivity index (χ2v) is 4.43. The fraction of sp³-hybridized carbons (Fsp3) is 0.600. The molecule has 1 heterocycles. The van der Waals surface area contributed by atoms with Crippen molar-refractivity contribution in [3.05, 3.63) is 11.2 Å². The fourth-order valence-electron chi connectivity index (χ4n) is 1.15. The van der Waals surface area contributed by atoms with Crippen molar-refractivity contribution in [2.45, 2.75) is 25.0 Å². The molecule has 0 radical (unpaired) electrons. The Hall–Kier alpha value is -0.520. The first-order valence-corrected chi connectivity index (χ1v) is 6.68. The van der Waals surface area contributed by atoms with Crippen LogP contribution in [0, 0.1) is 0 Å². The van der Waals surface area contributed by atoms with Crippen LogP contribution in [0.15, 0.2) is 11.2 Å². The monoisotopic (exact) mass is 261 g/mol. The summed E-state index contributed by atoms with van der Waals surface area (Å²) < 4.78 is 5.31. The molecule has 0 spiro atoms. The van der Waals surface area contributed by atoms with Crippen LogP contribution in [0.4, 0.5) is 5.82 Å². The van der Waals surface area contributed by atoms with Gasteiger partial charge in [0.2, 0.25) is 0 Å². The quantitative estimate of drug-likeness (QED) is 0.485. The van der Waals surface area contributed by atoms with E-state index in [2.05, 4.69) is 15.3 Å². The topological polar surface area (TPSA) is 47.0 Å². The van der Waals surface area contributed by atoms with Crippen molar-refractivity contribution < 1.29 is 4.74 Å². The van der Waals surface area contributed by atoms with Crippen LogP contribution in [0.5, 0.6) is 0 Å². The van der Waals surface area contributed by atoms with Gasteiger partial charge in [0.25, 0.3) is 0 Å². The summed E-state index contributed by atoms with van der Waals surface area (Å²) in [5.41, 5.74) is 0. The lowest BCUT2D eigenvalue weighted by atomic mass is 10.3. The summed E-state index contributed by atoms with van der Waals surface area (Å²) in [5.74, 6) is 0.733. The smallest absolute Gasteiger partial charge is 0.190 e. The number of hydrogen-bond acceptors (Lipinski definition) is 5. The molecule has 4 nitrogen and oxygen atoms in total. The molecular weight excluding hydrogens is 246 g/mol. The Morgan fingerprint density at radius 1 is 1.56 bits per heavy atom. The summed E-state index contributed by atoms with van der Waals surface area (Å²) in [6, 6.07) is 1.91. The van der Waals surface area contributed by atoms with Gasteiger partial charge in [0.05, 0.1) is 6.61 Å². The third-order valence-corrected chi connectivity index (χ3v) is 2.56. The number of rotatable bonds is 6. The number of ether oxygens (including phenoxy) is 1. The Balaban J connectivity index is 2.61. The van der Waals surface area contributed by atoms with Gasteiger partial charge in [-0.3, -0.25) is 0 Å². The van der Waals surface area contributed by atoms with Crippen LogP contribution in [0.3, 0.4) is 0 Å². The largest absolute Gasteiger partial charge is 0.380 e. The van der Waals surface area contributed by atoms with Gasteiger partial charge in [0.15, 0.2) is 5.16 Å². The third kappa shape index (κ3) is 4.55. The number of halogens is 1. The lowest BCUT2D eigenvalue weighted by molar-refractivity contribution is 0.141. The highest BCUT2D eigenvalue weighted by molar-refractivity contribution is 7.98. The SMILES string of the molecule is CCOCC(C)Nc1cc(Cl)nc(SC)n1. The average Bonchev–Trinajstić information content (AvgIpc) is 2.25. The van der Waals surface area contributed by atoms with Crippen LogP contribution < -0.4 is 5.32 Å². The molecule has 0 aromatic carbocycles. The predicted octanol–water partition coefficient (Wildman–Crippen LogP) is 2.69. The predicted molar refractivity (Wildman–Crippen MR) is 68.4 cm³/mol. The molecule has 1 aromatic rings. The molecule has 6 heteroatoms. The Morgan fingerprint density at radius 3 is 2.94 bits per heavy atom. The average molecular weight is 262 g/mol. The second kappa shape index (κ2) is 6.93. The van der Waals surface area contributed by atoms with E-state index in [0.29, 0.717) is 23.5 Å². The van der Waals surface area contributed by atoms with Crippen molar-refractivity contribution in [2.75, 3.05) is 24.8 Å². The van der Waals surface area contributed by atoms with Crippen molar-refractivity contribution >= 4 is 29.2 Å². The Kier molecular flexibility index (Phi) is 5.87. The van der Waals surface area contributed by atoms with Crippen LogP contribution in [0.25, 0.3) is 0 Å². The standard InChI is InChI=1S/C10H16ClN3OS/c1-4-15-6-7(2)12-9-5-8(11)13-10(14-9)16-3/h5,7H,4,6H2,1-3H3,(H,12,13,14). The lowest BCUT2D eigenvalue weighted by Crippen LogP contribution is -2.22. The van der Waals surface area contributed by atoms with E-state index in [1.807, 2.05) is 20.1 Å². The number of nitrogens with zero attached hydrogens (tertiary/aromatic N) is 2. The van der Waals surface area contributed by atoms with Crippen molar-refractivity contribution in [1.29, 1.82) is 0 Å². The first-order valence-electron chi connectivity index (χ1n) is 5.08. The molecule has 0 saturated carbocycles. The van der Waals surface area contributed by atoms with E-state index in [9.17, 15) is 0 Å². The molecular formula is C10H16ClN3OS. The van der Waals surface area contributed by atoms with E-state index >= 15 is 0 Å². The van der Waals surface area contributed by atoms with E-state index in [-0.39, 0.29) is 6.04 Å². The van der Waals surface area contributed by atoms with Gasteiger partial charge in [-0.1, -0.05) is 23.4 Å². The first-order chi connectivity index (χ1) is 7.65. The summed E-state index contributed by atoms with van der Waals surface area (Å²) in [6.45, 7) is 5.36. The van der Waals surface area contributed by atoms with Crippen molar-refractivity contribution in [3.63, 3.8) is 0 Å². The van der Waals surface area contributed by atoms with Gasteiger partial charge in [-0.15, -0.1) is 0 Å². The Bertz CT molecular complexity index is 338. The molecule has 1 rings (SSSR count). The van der Waals surface area contributed by atoms with Gasteiger partial charge >= 0.3 is 0 Å². The number of aromatic nitrogens is 2. The minimum absolute atomic E-state index is 0.195. The number of hydrogen-bond donors (Lipinski definition) is 1. The highest BCUT2D eigenvalue weighted by atomic mass is 35.5. The van der Waals surface area contributed by atoms with Crippen molar-refractivity contribution in [3.8, 4) is 0 Å². The van der Waals surface area contributed by atoms with Crippen LogP contribution in [-0.4, -0.2) is 35.5 Å². The third-order valence-electron chi connectivity index (χ3n) is 1.82. The van der Waals surface area contributed by atoms with Gasteiger partial charge in [-0.05, 0) is 20.1 Å². The zero-order valence-corrected chi connectivity index (χ0v) is 11.2. The normalized spacial score (nSPS) is 12.5. The summed E-state index contributed by atoms with van der Waals surface area (Å²) in [7, 11) is 0. The maximum absolute atomic E-state index is 5.88. The lowest BCUT2D eigenvalue weighted by Gasteiger charge is -2.14. The second-order valence-electron chi connectivity index (χ2n) is 3.27. The van der Waals surface area contributed by atoms with Crippen LogP contribution in [-0.2, 0) is 4.74 Å². The maximum Gasteiger partial charge on any atom is 0.190 e. The highest BCUT2D eigenvalue weighted by Gasteiger charge is 2.06. The van der Waals surface area contributed by atoms with Gasteiger partial charge in [0.1, 0.15) is 11.0 Å². The molecule has 1 atom stereocenters. The van der Waals surface area contributed by atoms with E-state index < -0.39 is 0 Å². The minimum atomic E-state index is 0.195. The molecule has 0 fully saturated rings. The van der Waals surface area contributed by atoms with E-state index in [0.717, 1.165) is 5.82 Å². The molecule has 0 amide bonds. The van der Waals surface area contributed by atoms with E-state index in [1.165, 1.54) is 11.8 Å². The summed E-state index contributed by atoms with van der Waals surface area (Å²) in [4.78, 5) is 8.37. The molecule has 0 aliphatic heterocycles. The minimum Gasteiger partial charge on any atom is -0.380 e. The Morgan fingerprint density at radius 2 is 2.31 bits per heavy atom. The summed E-state index contributed by atoms with van der Waals surface area (Å²) in [5, 5.41) is 4.33. The molecule has 90 valence electrons. The maximum atomic E-state index is 5.88. The molecule has 1 unspecified atom stereocenters. The van der Waals surface area contributed by atoms with Crippen LogP contribution >= 0.6 is 23.4 Å². The number of anilines is 1. The van der Waals surface area contributed by atoms with Crippen molar-refractivity contribution in [2.24, 2.45) is 0 Å². The summed E-state index contributed by atoms with van der Waals surface area (Å²) in [6.07, 6.45) is 1.92. The molecule has 0 aliphatic carbocycles. The fourth-order valence-corrected chi connectivity index (χ4v) is 1.76. The molecule has 1 aromatic heterocycles. The molecule has 0 aliphatic rings. The van der Waals surface area contributed by atoms with Gasteiger partial charge in [-0.25, -0.2) is 9.97 Å². The van der Waals surface area contributed by atoms with Gasteiger partial charge < -0.3 is 10.1 Å². The first kappa shape index (κ1) is 13.5. The van der Waals surface area contributed by atoms with Gasteiger partial charge in [-0.2, -0.15) is 0 Å². The molecule has 0 saturated heterocycles.